The van der Waals surface area contributed by atoms with E-state index >= 15 is 0 Å². The summed E-state index contributed by atoms with van der Waals surface area (Å²) < 4.78 is 5.40. The predicted molar refractivity (Wildman–Crippen MR) is 131 cm³/mol. The van der Waals surface area contributed by atoms with Crippen LogP contribution in [0.5, 0.6) is 0 Å². The Morgan fingerprint density at radius 3 is 2.73 bits per heavy atom. The number of fused-ring (bicyclic) bond motifs is 1. The normalized spacial score (nSPS) is 22.8. The van der Waals surface area contributed by atoms with E-state index in [4.69, 9.17) is 4.74 Å². The van der Waals surface area contributed by atoms with E-state index in [9.17, 15) is 9.59 Å². The van der Waals surface area contributed by atoms with Crippen molar-refractivity contribution in [3.63, 3.8) is 0 Å². The third-order valence-electron chi connectivity index (χ3n) is 6.91. The zero-order valence-electron chi connectivity index (χ0n) is 20.3. The van der Waals surface area contributed by atoms with Crippen LogP contribution in [-0.2, 0) is 14.3 Å². The van der Waals surface area contributed by atoms with Gasteiger partial charge in [0.1, 0.15) is 0 Å². The molecule has 1 saturated heterocycles. The molecular formula is C26H38N4O3. The van der Waals surface area contributed by atoms with Crippen molar-refractivity contribution in [2.75, 3.05) is 56.2 Å². The van der Waals surface area contributed by atoms with Gasteiger partial charge in [0.15, 0.2) is 5.78 Å². The molecule has 1 atom stereocenters. The lowest BCUT2D eigenvalue weighted by atomic mass is 9.74. The van der Waals surface area contributed by atoms with Crippen LogP contribution in [0.3, 0.4) is 0 Å². The number of benzene rings is 1. The molecule has 0 radical (unpaired) electrons. The summed E-state index contributed by atoms with van der Waals surface area (Å²) in [7, 11) is 0. The SMILES string of the molecule is CCC1C2=C(CC(C)(C)CC2=O)Nc2ccccc2N1CC(=O)NCCCN1CCOCC1. The number of anilines is 2. The second-order valence-corrected chi connectivity index (χ2v) is 10.2. The number of nitrogens with one attached hydrogen (secondary N) is 2. The molecule has 1 aliphatic carbocycles. The lowest BCUT2D eigenvalue weighted by Gasteiger charge is -2.37. The molecule has 1 aromatic rings. The van der Waals surface area contributed by atoms with Crippen molar-refractivity contribution in [1.82, 2.24) is 10.2 Å². The molecule has 0 spiro atoms. The number of para-hydroxylation sites is 2. The quantitative estimate of drug-likeness (QED) is 0.617. The highest BCUT2D eigenvalue weighted by Crippen LogP contribution is 2.44. The number of amides is 1. The summed E-state index contributed by atoms with van der Waals surface area (Å²) in [6, 6.07) is 7.97. The van der Waals surface area contributed by atoms with E-state index in [1.165, 1.54) is 0 Å². The highest BCUT2D eigenvalue weighted by molar-refractivity contribution is 6.01. The molecule has 1 fully saturated rings. The Bertz CT molecular complexity index is 905. The van der Waals surface area contributed by atoms with Crippen LogP contribution in [0, 0.1) is 5.41 Å². The first kappa shape index (κ1) is 23.8. The molecule has 2 heterocycles. The first-order valence-corrected chi connectivity index (χ1v) is 12.3. The third kappa shape index (κ3) is 5.58. The molecule has 1 amide bonds. The lowest BCUT2D eigenvalue weighted by Crippen LogP contribution is -2.46. The van der Waals surface area contributed by atoms with Crippen LogP contribution in [0.2, 0.25) is 0 Å². The van der Waals surface area contributed by atoms with Gasteiger partial charge in [-0.15, -0.1) is 0 Å². The third-order valence-corrected chi connectivity index (χ3v) is 6.91. The maximum absolute atomic E-state index is 13.3. The molecule has 3 aliphatic rings. The number of morpholine rings is 1. The smallest absolute Gasteiger partial charge is 0.239 e. The fourth-order valence-corrected chi connectivity index (χ4v) is 5.33. The van der Waals surface area contributed by atoms with Crippen molar-refractivity contribution in [3.8, 4) is 0 Å². The van der Waals surface area contributed by atoms with Gasteiger partial charge in [-0.2, -0.15) is 0 Å². The second kappa shape index (κ2) is 10.3. The molecule has 0 aromatic heterocycles. The summed E-state index contributed by atoms with van der Waals surface area (Å²) in [5, 5.41) is 6.68. The van der Waals surface area contributed by atoms with Crippen molar-refractivity contribution in [1.29, 1.82) is 0 Å². The molecule has 2 aliphatic heterocycles. The number of nitrogens with zero attached hydrogens (tertiary/aromatic N) is 2. The number of ketones is 1. The minimum Gasteiger partial charge on any atom is -0.379 e. The molecule has 0 bridgehead atoms. The molecule has 180 valence electrons. The predicted octanol–water partition coefficient (Wildman–Crippen LogP) is 3.18. The van der Waals surface area contributed by atoms with Crippen molar-refractivity contribution in [3.05, 3.63) is 35.5 Å². The van der Waals surface area contributed by atoms with Gasteiger partial charge in [0.2, 0.25) is 5.91 Å². The monoisotopic (exact) mass is 454 g/mol. The Morgan fingerprint density at radius 2 is 1.97 bits per heavy atom. The number of carbonyl (C=O) groups is 2. The van der Waals surface area contributed by atoms with Gasteiger partial charge < -0.3 is 20.3 Å². The summed E-state index contributed by atoms with van der Waals surface area (Å²) in [6.07, 6.45) is 3.07. The highest BCUT2D eigenvalue weighted by Gasteiger charge is 2.40. The average Bonchev–Trinajstić information content (AvgIpc) is 2.91. The highest BCUT2D eigenvalue weighted by atomic mass is 16.5. The Kier molecular flexibility index (Phi) is 7.39. The van der Waals surface area contributed by atoms with Crippen LogP contribution in [-0.4, -0.2) is 68.6 Å². The number of allylic oxidation sites excluding steroid dienone is 1. The van der Waals surface area contributed by atoms with Crippen molar-refractivity contribution >= 4 is 23.1 Å². The van der Waals surface area contributed by atoms with Crippen LogP contribution < -0.4 is 15.5 Å². The zero-order valence-corrected chi connectivity index (χ0v) is 20.3. The Labute approximate surface area is 197 Å². The second-order valence-electron chi connectivity index (χ2n) is 10.2. The van der Waals surface area contributed by atoms with E-state index in [2.05, 4.69) is 41.2 Å². The number of carbonyl (C=O) groups excluding carboxylic acids is 2. The zero-order chi connectivity index (χ0) is 23.4. The topological polar surface area (TPSA) is 73.9 Å². The van der Waals surface area contributed by atoms with E-state index in [1.807, 2.05) is 24.3 Å². The van der Waals surface area contributed by atoms with Crippen LogP contribution >= 0.6 is 0 Å². The van der Waals surface area contributed by atoms with Crippen molar-refractivity contribution in [2.24, 2.45) is 5.41 Å². The van der Waals surface area contributed by atoms with E-state index < -0.39 is 0 Å². The van der Waals surface area contributed by atoms with Crippen molar-refractivity contribution < 1.29 is 14.3 Å². The first-order chi connectivity index (χ1) is 15.9. The molecule has 1 aromatic carbocycles. The van der Waals surface area contributed by atoms with Crippen LogP contribution in [0.25, 0.3) is 0 Å². The Balaban J connectivity index is 1.48. The molecule has 4 rings (SSSR count). The average molecular weight is 455 g/mol. The van der Waals surface area contributed by atoms with E-state index in [0.717, 1.165) is 74.8 Å². The molecule has 2 N–H and O–H groups in total. The number of hydrogen-bond donors (Lipinski definition) is 2. The van der Waals surface area contributed by atoms with E-state index in [-0.39, 0.29) is 29.7 Å². The first-order valence-electron chi connectivity index (χ1n) is 12.3. The van der Waals surface area contributed by atoms with Gasteiger partial charge in [-0.3, -0.25) is 14.5 Å². The summed E-state index contributed by atoms with van der Waals surface area (Å²) >= 11 is 0. The van der Waals surface area contributed by atoms with Gasteiger partial charge in [-0.25, -0.2) is 0 Å². The lowest BCUT2D eigenvalue weighted by molar-refractivity contribution is -0.120. The summed E-state index contributed by atoms with van der Waals surface area (Å²) in [5.41, 5.74) is 3.75. The molecule has 1 unspecified atom stereocenters. The molecule has 7 nitrogen and oxygen atoms in total. The van der Waals surface area contributed by atoms with Gasteiger partial charge in [-0.05, 0) is 43.4 Å². The summed E-state index contributed by atoms with van der Waals surface area (Å²) in [5.74, 6) is 0.196. The fraction of sp³-hybridized carbons (Fsp3) is 0.615. The fourth-order valence-electron chi connectivity index (χ4n) is 5.33. The number of ether oxygens (including phenoxy) is 1. The van der Waals surface area contributed by atoms with E-state index in [0.29, 0.717) is 13.0 Å². The number of hydrogen-bond acceptors (Lipinski definition) is 6. The minimum absolute atomic E-state index is 0.00197. The van der Waals surface area contributed by atoms with E-state index in [1.54, 1.807) is 0 Å². The van der Waals surface area contributed by atoms with Crippen LogP contribution in [0.4, 0.5) is 11.4 Å². The van der Waals surface area contributed by atoms with Gasteiger partial charge in [-0.1, -0.05) is 32.9 Å². The molecular weight excluding hydrogens is 416 g/mol. The van der Waals surface area contributed by atoms with Gasteiger partial charge in [0.25, 0.3) is 0 Å². The maximum Gasteiger partial charge on any atom is 0.239 e. The standard InChI is InChI=1S/C26H38N4O3/c1-4-21-25-20(16-26(2,3)17-23(25)31)28-19-8-5-6-9-22(19)30(21)18-24(32)27-10-7-11-29-12-14-33-15-13-29/h5-6,8-9,21,28H,4,7,10-18H2,1-3H3,(H,27,32). The molecule has 33 heavy (non-hydrogen) atoms. The Morgan fingerprint density at radius 1 is 1.21 bits per heavy atom. The van der Waals surface area contributed by atoms with Gasteiger partial charge in [0, 0.05) is 37.3 Å². The summed E-state index contributed by atoms with van der Waals surface area (Å²) in [4.78, 5) is 30.8. The van der Waals surface area contributed by atoms with Crippen LogP contribution in [0.15, 0.2) is 35.5 Å². The van der Waals surface area contributed by atoms with Gasteiger partial charge in [0.05, 0.1) is 37.2 Å². The largest absolute Gasteiger partial charge is 0.379 e. The number of Topliss-reactive ketones (excluding diaryl/α,β-unsaturated/α-hetero) is 1. The molecule has 7 heteroatoms. The summed E-state index contributed by atoms with van der Waals surface area (Å²) in [6.45, 7) is 11.8. The van der Waals surface area contributed by atoms with Crippen molar-refractivity contribution in [2.45, 2.75) is 52.5 Å². The number of rotatable bonds is 7. The minimum atomic E-state index is -0.112. The maximum atomic E-state index is 13.3. The van der Waals surface area contributed by atoms with Crippen LogP contribution in [0.1, 0.15) is 46.5 Å². The van der Waals surface area contributed by atoms with Gasteiger partial charge >= 0.3 is 0 Å². The molecule has 0 saturated carbocycles. The Hall–Kier alpha value is -2.38.